The molecule has 0 unspecified atom stereocenters. The van der Waals surface area contributed by atoms with Crippen LogP contribution < -0.4 is 5.73 Å². The number of hydrogen-bond acceptors (Lipinski definition) is 2. The van der Waals surface area contributed by atoms with Gasteiger partial charge < -0.3 is 5.73 Å². The van der Waals surface area contributed by atoms with Crippen LogP contribution in [0.3, 0.4) is 0 Å². The maximum absolute atomic E-state index is 5.71. The molecule has 0 spiro atoms. The summed E-state index contributed by atoms with van der Waals surface area (Å²) in [5, 5.41) is 0. The largest absolute Gasteiger partial charge is 0.399 e. The Labute approximate surface area is 79.4 Å². The molecule has 0 amide bonds. The standard InChI is InChI=1S/C11H16N2/c1-13(11-5-6-11)8-9-3-2-4-10(12)7-9/h2-4,7,11H,5-6,8,12H2,1H3. The van der Waals surface area contributed by atoms with Gasteiger partial charge in [0.05, 0.1) is 0 Å². The highest BCUT2D eigenvalue weighted by molar-refractivity contribution is 5.40. The van der Waals surface area contributed by atoms with Gasteiger partial charge in [-0.15, -0.1) is 0 Å². The summed E-state index contributed by atoms with van der Waals surface area (Å²) in [7, 11) is 2.18. The summed E-state index contributed by atoms with van der Waals surface area (Å²) in [4.78, 5) is 2.40. The van der Waals surface area contributed by atoms with Crippen molar-refractivity contribution in [3.8, 4) is 0 Å². The Kier molecular flexibility index (Phi) is 2.23. The van der Waals surface area contributed by atoms with Crippen LogP contribution >= 0.6 is 0 Å². The third-order valence-corrected chi connectivity index (χ3v) is 2.55. The van der Waals surface area contributed by atoms with Crippen molar-refractivity contribution in [2.24, 2.45) is 0 Å². The first kappa shape index (κ1) is 8.57. The second-order valence-electron chi connectivity index (χ2n) is 3.89. The van der Waals surface area contributed by atoms with Crippen molar-refractivity contribution >= 4 is 5.69 Å². The number of anilines is 1. The van der Waals surface area contributed by atoms with Crippen molar-refractivity contribution in [1.82, 2.24) is 4.90 Å². The zero-order chi connectivity index (χ0) is 9.26. The fraction of sp³-hybridized carbons (Fsp3) is 0.455. The predicted molar refractivity (Wildman–Crippen MR) is 55.3 cm³/mol. The molecule has 1 aliphatic carbocycles. The molecule has 1 aromatic rings. The van der Waals surface area contributed by atoms with E-state index >= 15 is 0 Å². The highest BCUT2D eigenvalue weighted by Crippen LogP contribution is 2.26. The molecule has 2 N–H and O–H groups in total. The molecule has 0 heterocycles. The van der Waals surface area contributed by atoms with Crippen LogP contribution in [0, 0.1) is 0 Å². The van der Waals surface area contributed by atoms with E-state index in [1.807, 2.05) is 12.1 Å². The van der Waals surface area contributed by atoms with Gasteiger partial charge in [-0.1, -0.05) is 12.1 Å². The van der Waals surface area contributed by atoms with E-state index in [1.54, 1.807) is 0 Å². The van der Waals surface area contributed by atoms with E-state index in [0.717, 1.165) is 18.3 Å². The molecule has 2 heteroatoms. The molecule has 0 atom stereocenters. The van der Waals surface area contributed by atoms with Gasteiger partial charge in [-0.2, -0.15) is 0 Å². The first-order chi connectivity index (χ1) is 6.25. The van der Waals surface area contributed by atoms with Crippen molar-refractivity contribution in [1.29, 1.82) is 0 Å². The average Bonchev–Trinajstić information content (AvgIpc) is 2.85. The monoisotopic (exact) mass is 176 g/mol. The number of nitrogens with two attached hydrogens (primary N) is 1. The van der Waals surface area contributed by atoms with Crippen molar-refractivity contribution in [2.45, 2.75) is 25.4 Å². The van der Waals surface area contributed by atoms with Crippen molar-refractivity contribution < 1.29 is 0 Å². The van der Waals surface area contributed by atoms with E-state index in [0.29, 0.717) is 0 Å². The van der Waals surface area contributed by atoms with E-state index in [-0.39, 0.29) is 0 Å². The minimum Gasteiger partial charge on any atom is -0.399 e. The Morgan fingerprint density at radius 2 is 2.23 bits per heavy atom. The maximum Gasteiger partial charge on any atom is 0.0317 e. The van der Waals surface area contributed by atoms with Crippen LogP contribution in [0.4, 0.5) is 5.69 Å². The van der Waals surface area contributed by atoms with Crippen molar-refractivity contribution in [3.05, 3.63) is 29.8 Å². The summed E-state index contributed by atoms with van der Waals surface area (Å²) in [5.74, 6) is 0. The fourth-order valence-electron chi connectivity index (χ4n) is 1.62. The van der Waals surface area contributed by atoms with Crippen LogP contribution in [-0.4, -0.2) is 18.0 Å². The SMILES string of the molecule is CN(Cc1cccc(N)c1)C1CC1. The summed E-state index contributed by atoms with van der Waals surface area (Å²) >= 11 is 0. The lowest BCUT2D eigenvalue weighted by Crippen LogP contribution is -2.19. The van der Waals surface area contributed by atoms with Gasteiger partial charge in [-0.05, 0) is 37.6 Å². The van der Waals surface area contributed by atoms with Gasteiger partial charge in [-0.25, -0.2) is 0 Å². The Balaban J connectivity index is 2.00. The topological polar surface area (TPSA) is 29.3 Å². The zero-order valence-corrected chi connectivity index (χ0v) is 8.03. The van der Waals surface area contributed by atoms with Gasteiger partial charge in [0.15, 0.2) is 0 Å². The molecule has 1 fully saturated rings. The molecule has 0 aromatic heterocycles. The fourth-order valence-corrected chi connectivity index (χ4v) is 1.62. The lowest BCUT2D eigenvalue weighted by atomic mass is 10.2. The number of nitrogens with zero attached hydrogens (tertiary/aromatic N) is 1. The molecule has 0 aliphatic heterocycles. The molecule has 13 heavy (non-hydrogen) atoms. The van der Waals surface area contributed by atoms with Crippen LogP contribution in [0.15, 0.2) is 24.3 Å². The Morgan fingerprint density at radius 3 is 2.85 bits per heavy atom. The van der Waals surface area contributed by atoms with E-state index in [9.17, 15) is 0 Å². The van der Waals surface area contributed by atoms with Crippen LogP contribution in [0.25, 0.3) is 0 Å². The third kappa shape index (κ3) is 2.22. The van der Waals surface area contributed by atoms with Gasteiger partial charge in [0.2, 0.25) is 0 Å². The van der Waals surface area contributed by atoms with Crippen LogP contribution in [0.5, 0.6) is 0 Å². The first-order valence-corrected chi connectivity index (χ1v) is 4.80. The number of rotatable bonds is 3. The molecule has 1 aromatic carbocycles. The van der Waals surface area contributed by atoms with Gasteiger partial charge >= 0.3 is 0 Å². The van der Waals surface area contributed by atoms with E-state index in [4.69, 9.17) is 5.73 Å². The first-order valence-electron chi connectivity index (χ1n) is 4.80. The average molecular weight is 176 g/mol. The van der Waals surface area contributed by atoms with Crippen LogP contribution in [-0.2, 0) is 6.54 Å². The van der Waals surface area contributed by atoms with Gasteiger partial charge in [0, 0.05) is 18.3 Å². The molecular formula is C11H16N2. The van der Waals surface area contributed by atoms with Gasteiger partial charge in [-0.3, -0.25) is 4.90 Å². The molecule has 70 valence electrons. The summed E-state index contributed by atoms with van der Waals surface area (Å²) in [6.45, 7) is 1.02. The number of nitrogen functional groups attached to an aromatic ring is 1. The number of benzene rings is 1. The van der Waals surface area contributed by atoms with E-state index < -0.39 is 0 Å². The lowest BCUT2D eigenvalue weighted by molar-refractivity contribution is 0.316. The molecular weight excluding hydrogens is 160 g/mol. The summed E-state index contributed by atoms with van der Waals surface area (Å²) < 4.78 is 0. The summed E-state index contributed by atoms with van der Waals surface area (Å²) in [6.07, 6.45) is 2.72. The zero-order valence-electron chi connectivity index (χ0n) is 8.03. The normalized spacial score (nSPS) is 16.5. The molecule has 2 nitrogen and oxygen atoms in total. The van der Waals surface area contributed by atoms with Gasteiger partial charge in [0.1, 0.15) is 0 Å². The Morgan fingerprint density at radius 1 is 1.46 bits per heavy atom. The smallest absolute Gasteiger partial charge is 0.0317 e. The molecule has 2 rings (SSSR count). The number of hydrogen-bond donors (Lipinski definition) is 1. The minimum absolute atomic E-state index is 0.821. The molecule has 1 aliphatic rings. The van der Waals surface area contributed by atoms with Crippen LogP contribution in [0.2, 0.25) is 0 Å². The van der Waals surface area contributed by atoms with Crippen molar-refractivity contribution in [3.63, 3.8) is 0 Å². The second kappa shape index (κ2) is 3.38. The van der Waals surface area contributed by atoms with E-state index in [1.165, 1.54) is 18.4 Å². The summed E-state index contributed by atoms with van der Waals surface area (Å²) in [5.41, 5.74) is 7.88. The van der Waals surface area contributed by atoms with Crippen molar-refractivity contribution in [2.75, 3.05) is 12.8 Å². The second-order valence-corrected chi connectivity index (χ2v) is 3.89. The molecule has 0 radical (unpaired) electrons. The third-order valence-electron chi connectivity index (χ3n) is 2.55. The molecule has 0 bridgehead atoms. The molecule has 1 saturated carbocycles. The predicted octanol–water partition coefficient (Wildman–Crippen LogP) is 1.86. The lowest BCUT2D eigenvalue weighted by Gasteiger charge is -2.15. The van der Waals surface area contributed by atoms with E-state index in [2.05, 4.69) is 24.1 Å². The molecule has 0 saturated heterocycles. The van der Waals surface area contributed by atoms with Gasteiger partial charge in [0.25, 0.3) is 0 Å². The maximum atomic E-state index is 5.71. The quantitative estimate of drug-likeness (QED) is 0.712. The Bertz CT molecular complexity index is 292. The minimum atomic E-state index is 0.821. The van der Waals surface area contributed by atoms with Crippen LogP contribution in [0.1, 0.15) is 18.4 Å². The highest BCUT2D eigenvalue weighted by atomic mass is 15.1. The highest BCUT2D eigenvalue weighted by Gasteiger charge is 2.25. The summed E-state index contributed by atoms with van der Waals surface area (Å²) in [6, 6.07) is 8.96. The Hall–Kier alpha value is -1.02.